The Morgan fingerprint density at radius 1 is 1.53 bits per heavy atom. The van der Waals surface area contributed by atoms with E-state index in [-0.39, 0.29) is 11.5 Å². The lowest BCUT2D eigenvalue weighted by molar-refractivity contribution is 0.200. The van der Waals surface area contributed by atoms with Crippen LogP contribution in [0.5, 0.6) is 0 Å². The maximum absolute atomic E-state index is 11.5. The molecule has 0 radical (unpaired) electrons. The van der Waals surface area contributed by atoms with Crippen LogP contribution in [-0.2, 0) is 11.2 Å². The molecule has 0 bridgehead atoms. The number of aromatic nitrogens is 2. The van der Waals surface area contributed by atoms with Crippen LogP contribution < -0.4 is 5.56 Å². The van der Waals surface area contributed by atoms with Crippen LogP contribution in [-0.4, -0.2) is 23.7 Å². The number of H-pyrrole nitrogens is 1. The van der Waals surface area contributed by atoms with E-state index in [1.807, 2.05) is 13.8 Å². The van der Waals surface area contributed by atoms with Gasteiger partial charge >= 0.3 is 0 Å². The summed E-state index contributed by atoms with van der Waals surface area (Å²) in [7, 11) is 1.63. The van der Waals surface area contributed by atoms with Gasteiger partial charge in [-0.15, -0.1) is 0 Å². The van der Waals surface area contributed by atoms with Gasteiger partial charge in [-0.3, -0.25) is 4.79 Å². The number of hydrogen-bond donors (Lipinski definition) is 1. The average Bonchev–Trinajstić information content (AvgIpc) is 2.19. The highest BCUT2D eigenvalue weighted by atomic mass is 79.9. The Hall–Kier alpha value is -0.680. The Kier molecular flexibility index (Phi) is 4.47. The topological polar surface area (TPSA) is 55.0 Å². The lowest BCUT2D eigenvalue weighted by Crippen LogP contribution is -2.17. The third kappa shape index (κ3) is 3.14. The first-order valence-electron chi connectivity index (χ1n) is 4.83. The van der Waals surface area contributed by atoms with Gasteiger partial charge in [0, 0.05) is 13.5 Å². The molecule has 84 valence electrons. The average molecular weight is 275 g/mol. The molecule has 0 aliphatic rings. The Labute approximate surface area is 97.2 Å². The molecule has 4 nitrogen and oxygen atoms in total. The summed E-state index contributed by atoms with van der Waals surface area (Å²) in [4.78, 5) is 18.6. The molecule has 0 saturated heterocycles. The van der Waals surface area contributed by atoms with Crippen molar-refractivity contribution in [2.45, 2.75) is 26.2 Å². The second kappa shape index (κ2) is 5.42. The van der Waals surface area contributed by atoms with Crippen molar-refractivity contribution in [1.82, 2.24) is 9.97 Å². The molecular formula is C10H15BrN2O2. The van der Waals surface area contributed by atoms with E-state index in [0.29, 0.717) is 23.3 Å². The van der Waals surface area contributed by atoms with Gasteiger partial charge in [-0.05, 0) is 21.8 Å². The van der Waals surface area contributed by atoms with Crippen molar-refractivity contribution in [3.05, 3.63) is 26.3 Å². The first-order valence-corrected chi connectivity index (χ1v) is 5.63. The summed E-state index contributed by atoms with van der Waals surface area (Å²) < 4.78 is 5.47. The van der Waals surface area contributed by atoms with E-state index < -0.39 is 0 Å². The highest BCUT2D eigenvalue weighted by Crippen LogP contribution is 2.18. The first kappa shape index (κ1) is 12.4. The van der Waals surface area contributed by atoms with Crippen LogP contribution in [0.2, 0.25) is 0 Å². The molecule has 1 aromatic heterocycles. The minimum absolute atomic E-state index is 0.125. The molecule has 0 aromatic carbocycles. The molecule has 1 N–H and O–H groups in total. The van der Waals surface area contributed by atoms with Crippen molar-refractivity contribution >= 4 is 15.9 Å². The zero-order valence-electron chi connectivity index (χ0n) is 9.13. The third-order valence-electron chi connectivity index (χ3n) is 2.03. The van der Waals surface area contributed by atoms with Crippen molar-refractivity contribution in [3.8, 4) is 0 Å². The van der Waals surface area contributed by atoms with Gasteiger partial charge in [0.25, 0.3) is 5.56 Å². The summed E-state index contributed by atoms with van der Waals surface area (Å²) in [6, 6.07) is 0. The molecule has 15 heavy (non-hydrogen) atoms. The molecule has 0 aliphatic heterocycles. The van der Waals surface area contributed by atoms with Crippen molar-refractivity contribution in [2.75, 3.05) is 13.7 Å². The van der Waals surface area contributed by atoms with Crippen molar-refractivity contribution in [2.24, 2.45) is 0 Å². The monoisotopic (exact) mass is 274 g/mol. The number of aromatic amines is 1. The SMILES string of the molecule is COCCc1nc(C(C)C)c(Br)c(=O)[nH]1. The molecule has 0 amide bonds. The van der Waals surface area contributed by atoms with Gasteiger partial charge in [-0.2, -0.15) is 0 Å². The minimum atomic E-state index is -0.125. The second-order valence-electron chi connectivity index (χ2n) is 3.61. The minimum Gasteiger partial charge on any atom is -0.384 e. The normalized spacial score (nSPS) is 11.0. The summed E-state index contributed by atoms with van der Waals surface area (Å²) in [5, 5.41) is 0. The van der Waals surface area contributed by atoms with Gasteiger partial charge in [0.05, 0.1) is 12.3 Å². The molecule has 5 heteroatoms. The fraction of sp³-hybridized carbons (Fsp3) is 0.600. The lowest BCUT2D eigenvalue weighted by Gasteiger charge is -2.08. The van der Waals surface area contributed by atoms with Crippen LogP contribution in [0.15, 0.2) is 9.27 Å². The van der Waals surface area contributed by atoms with Crippen LogP contribution in [0.3, 0.4) is 0 Å². The molecule has 1 heterocycles. The highest BCUT2D eigenvalue weighted by molar-refractivity contribution is 9.10. The molecule has 1 rings (SSSR count). The molecule has 0 spiro atoms. The first-order chi connectivity index (χ1) is 7.06. The maximum atomic E-state index is 11.5. The Morgan fingerprint density at radius 2 is 2.20 bits per heavy atom. The summed E-state index contributed by atoms with van der Waals surface area (Å²) in [5.74, 6) is 0.900. The molecule has 0 fully saturated rings. The zero-order chi connectivity index (χ0) is 11.4. The number of methoxy groups -OCH3 is 1. The van der Waals surface area contributed by atoms with E-state index in [4.69, 9.17) is 4.74 Å². The van der Waals surface area contributed by atoms with Crippen LogP contribution in [0, 0.1) is 0 Å². The summed E-state index contributed by atoms with van der Waals surface area (Å²) >= 11 is 3.25. The maximum Gasteiger partial charge on any atom is 0.265 e. The van der Waals surface area contributed by atoms with Gasteiger partial charge in [-0.25, -0.2) is 4.98 Å². The Bertz CT molecular complexity index is 387. The second-order valence-corrected chi connectivity index (χ2v) is 4.40. The molecule has 1 aromatic rings. The fourth-order valence-electron chi connectivity index (χ4n) is 1.22. The van der Waals surface area contributed by atoms with Crippen LogP contribution in [0.1, 0.15) is 31.3 Å². The largest absolute Gasteiger partial charge is 0.384 e. The predicted octanol–water partition coefficient (Wildman–Crippen LogP) is 1.84. The molecule has 0 atom stereocenters. The number of hydrogen-bond acceptors (Lipinski definition) is 3. The Morgan fingerprint density at radius 3 is 2.73 bits per heavy atom. The number of nitrogens with zero attached hydrogens (tertiary/aromatic N) is 1. The van der Waals surface area contributed by atoms with E-state index in [0.717, 1.165) is 5.69 Å². The molecule has 0 aliphatic carbocycles. The fourth-order valence-corrected chi connectivity index (χ4v) is 1.87. The number of rotatable bonds is 4. The molecular weight excluding hydrogens is 260 g/mol. The van der Waals surface area contributed by atoms with Gasteiger partial charge in [0.2, 0.25) is 0 Å². The van der Waals surface area contributed by atoms with Crippen molar-refractivity contribution in [1.29, 1.82) is 0 Å². The van der Waals surface area contributed by atoms with Crippen molar-refractivity contribution in [3.63, 3.8) is 0 Å². The summed E-state index contributed by atoms with van der Waals surface area (Å²) in [6.07, 6.45) is 0.624. The van der Waals surface area contributed by atoms with E-state index in [9.17, 15) is 4.79 Å². The Balaban J connectivity index is 3.06. The summed E-state index contributed by atoms with van der Waals surface area (Å²) in [5.41, 5.74) is 0.671. The van der Waals surface area contributed by atoms with Gasteiger partial charge in [0.1, 0.15) is 10.3 Å². The smallest absolute Gasteiger partial charge is 0.265 e. The van der Waals surface area contributed by atoms with Crippen LogP contribution in [0.4, 0.5) is 0 Å². The zero-order valence-corrected chi connectivity index (χ0v) is 10.7. The van der Waals surface area contributed by atoms with Gasteiger partial charge in [-0.1, -0.05) is 13.8 Å². The van der Waals surface area contributed by atoms with E-state index in [1.165, 1.54) is 0 Å². The molecule has 0 saturated carbocycles. The number of halogens is 1. The van der Waals surface area contributed by atoms with Gasteiger partial charge < -0.3 is 9.72 Å². The van der Waals surface area contributed by atoms with E-state index in [1.54, 1.807) is 7.11 Å². The number of ether oxygens (including phenoxy) is 1. The highest BCUT2D eigenvalue weighted by Gasteiger charge is 2.11. The summed E-state index contributed by atoms with van der Waals surface area (Å²) in [6.45, 7) is 4.57. The van der Waals surface area contributed by atoms with Crippen LogP contribution in [0.25, 0.3) is 0 Å². The quantitative estimate of drug-likeness (QED) is 0.912. The van der Waals surface area contributed by atoms with E-state index >= 15 is 0 Å². The number of nitrogens with one attached hydrogen (secondary N) is 1. The predicted molar refractivity (Wildman–Crippen MR) is 62.2 cm³/mol. The third-order valence-corrected chi connectivity index (χ3v) is 2.79. The standard InChI is InChI=1S/C10H15BrN2O2/c1-6(2)9-8(11)10(14)13-7(12-9)4-5-15-3/h6H,4-5H2,1-3H3,(H,12,13,14). The van der Waals surface area contributed by atoms with Crippen molar-refractivity contribution < 1.29 is 4.74 Å². The van der Waals surface area contributed by atoms with Gasteiger partial charge in [0.15, 0.2) is 0 Å². The van der Waals surface area contributed by atoms with Crippen LogP contribution >= 0.6 is 15.9 Å². The van der Waals surface area contributed by atoms with E-state index in [2.05, 4.69) is 25.9 Å². The molecule has 0 unspecified atom stereocenters. The lowest BCUT2D eigenvalue weighted by atomic mass is 10.1.